The molecule has 1 aliphatic rings. The second kappa shape index (κ2) is 7.42. The maximum atomic E-state index is 11.5. The van der Waals surface area contributed by atoms with Gasteiger partial charge in [-0.05, 0) is 29.7 Å². The fourth-order valence-corrected chi connectivity index (χ4v) is 3.01. The number of nitrogens with zero attached hydrogens (tertiary/aromatic N) is 2. The van der Waals surface area contributed by atoms with E-state index < -0.39 is 11.2 Å². The Bertz CT molecular complexity index is 661. The summed E-state index contributed by atoms with van der Waals surface area (Å²) in [5, 5.41) is 19.4. The van der Waals surface area contributed by atoms with Gasteiger partial charge in [-0.25, -0.2) is 0 Å². The van der Waals surface area contributed by atoms with Crippen LogP contribution in [0.2, 0.25) is 5.02 Å². The Morgan fingerprint density at radius 3 is 3.00 bits per heavy atom. The van der Waals surface area contributed by atoms with Crippen molar-refractivity contribution in [3.63, 3.8) is 0 Å². The molecule has 2 rings (SSSR count). The number of rotatable bonds is 5. The summed E-state index contributed by atoms with van der Waals surface area (Å²) in [4.78, 5) is 22.2. The number of aliphatic carboxylic acids is 1. The van der Waals surface area contributed by atoms with Crippen molar-refractivity contribution in [3.05, 3.63) is 34.3 Å². The number of carbonyl (C=O) groups is 2. The molecular formula is C14H14ClN3O3S. The normalized spacial score (nSPS) is 19.8. The number of hydrogen-bond donors (Lipinski definition) is 2. The van der Waals surface area contributed by atoms with E-state index in [4.69, 9.17) is 16.7 Å². The van der Waals surface area contributed by atoms with Crippen LogP contribution in [0, 0.1) is 0 Å². The smallest absolute Gasteiger partial charge is 0.305 e. The zero-order valence-electron chi connectivity index (χ0n) is 11.7. The Hall–Kier alpha value is -1.86. The van der Waals surface area contributed by atoms with Crippen molar-refractivity contribution < 1.29 is 14.7 Å². The lowest BCUT2D eigenvalue weighted by molar-refractivity contribution is -0.138. The van der Waals surface area contributed by atoms with Gasteiger partial charge in [-0.15, -0.1) is 5.10 Å². The summed E-state index contributed by atoms with van der Waals surface area (Å²) >= 11 is 7.10. The number of carboxylic acid groups (broad SMARTS) is 1. The third-order valence-corrected chi connectivity index (χ3v) is 4.38. The summed E-state index contributed by atoms with van der Waals surface area (Å²) < 4.78 is 0. The Balaban J connectivity index is 2.03. The van der Waals surface area contributed by atoms with Crippen molar-refractivity contribution in [1.82, 2.24) is 5.32 Å². The molecule has 1 aromatic rings. The number of amidine groups is 1. The number of benzene rings is 1. The predicted molar refractivity (Wildman–Crippen MR) is 87.6 cm³/mol. The Morgan fingerprint density at radius 2 is 2.32 bits per heavy atom. The highest BCUT2D eigenvalue weighted by atomic mass is 35.5. The second-order valence-electron chi connectivity index (χ2n) is 4.55. The molecule has 1 aromatic carbocycles. The zero-order valence-corrected chi connectivity index (χ0v) is 13.3. The number of halogens is 1. The molecular weight excluding hydrogens is 326 g/mol. The van der Waals surface area contributed by atoms with Crippen LogP contribution >= 0.6 is 23.4 Å². The van der Waals surface area contributed by atoms with Crippen LogP contribution < -0.4 is 5.32 Å². The van der Waals surface area contributed by atoms with E-state index in [0.717, 1.165) is 29.3 Å². The molecule has 1 aliphatic heterocycles. The van der Waals surface area contributed by atoms with Gasteiger partial charge in [0.2, 0.25) is 5.91 Å². The van der Waals surface area contributed by atoms with Gasteiger partial charge in [0.05, 0.1) is 12.6 Å². The molecule has 0 aliphatic carbocycles. The Kier molecular flexibility index (Phi) is 5.57. The van der Waals surface area contributed by atoms with Crippen LogP contribution in [0.5, 0.6) is 0 Å². The van der Waals surface area contributed by atoms with Gasteiger partial charge in [0.25, 0.3) is 0 Å². The fourth-order valence-electron chi connectivity index (χ4n) is 1.84. The predicted octanol–water partition coefficient (Wildman–Crippen LogP) is 2.30. The monoisotopic (exact) mass is 339 g/mol. The van der Waals surface area contributed by atoms with Gasteiger partial charge in [-0.2, -0.15) is 5.10 Å². The van der Waals surface area contributed by atoms with Crippen LogP contribution in [0.25, 0.3) is 0 Å². The molecule has 6 nitrogen and oxygen atoms in total. The molecule has 116 valence electrons. The minimum atomic E-state index is -1.02. The number of carboxylic acids is 1. The van der Waals surface area contributed by atoms with E-state index >= 15 is 0 Å². The van der Waals surface area contributed by atoms with Crippen LogP contribution in [-0.2, 0) is 16.0 Å². The zero-order chi connectivity index (χ0) is 16.1. The van der Waals surface area contributed by atoms with Gasteiger partial charge in [0.15, 0.2) is 5.17 Å². The summed E-state index contributed by atoms with van der Waals surface area (Å²) in [7, 11) is 0. The van der Waals surface area contributed by atoms with Gasteiger partial charge >= 0.3 is 5.97 Å². The van der Waals surface area contributed by atoms with E-state index in [2.05, 4.69) is 15.5 Å². The number of nitrogens with one attached hydrogen (secondary N) is 1. The van der Waals surface area contributed by atoms with Crippen LogP contribution in [0.4, 0.5) is 0 Å². The van der Waals surface area contributed by atoms with Gasteiger partial charge in [0, 0.05) is 5.02 Å². The van der Waals surface area contributed by atoms with E-state index in [1.807, 2.05) is 19.1 Å². The highest BCUT2D eigenvalue weighted by Gasteiger charge is 2.32. The maximum Gasteiger partial charge on any atom is 0.305 e. The van der Waals surface area contributed by atoms with Crippen molar-refractivity contribution in [2.45, 2.75) is 25.0 Å². The summed E-state index contributed by atoms with van der Waals surface area (Å²) in [6.45, 7) is 2.01. The van der Waals surface area contributed by atoms with E-state index in [9.17, 15) is 9.59 Å². The minimum absolute atomic E-state index is 0.240. The third-order valence-electron chi connectivity index (χ3n) is 2.94. The summed E-state index contributed by atoms with van der Waals surface area (Å²) in [6, 6.07) is 5.53. The van der Waals surface area contributed by atoms with Crippen molar-refractivity contribution in [2.75, 3.05) is 0 Å². The number of thioether (sulfide) groups is 1. The molecule has 1 saturated heterocycles. The van der Waals surface area contributed by atoms with Gasteiger partial charge in [0.1, 0.15) is 5.25 Å². The highest BCUT2D eigenvalue weighted by Crippen LogP contribution is 2.22. The van der Waals surface area contributed by atoms with Crippen molar-refractivity contribution in [1.29, 1.82) is 0 Å². The summed E-state index contributed by atoms with van der Waals surface area (Å²) in [5.74, 6) is -1.38. The molecule has 0 saturated carbocycles. The molecule has 0 radical (unpaired) electrons. The largest absolute Gasteiger partial charge is 0.481 e. The molecule has 22 heavy (non-hydrogen) atoms. The molecule has 1 amide bonds. The first-order chi connectivity index (χ1) is 10.5. The molecule has 1 fully saturated rings. The first-order valence-electron chi connectivity index (χ1n) is 6.58. The fraction of sp³-hybridized carbons (Fsp3) is 0.286. The lowest BCUT2D eigenvalue weighted by Crippen LogP contribution is -2.26. The number of amides is 1. The molecule has 2 N–H and O–H groups in total. The molecule has 1 unspecified atom stereocenters. The average molecular weight is 340 g/mol. The Labute approximate surface area is 136 Å². The standard InChI is InChI=1S/C14H14ClN3O3S/c1-2-9-5-8(3-4-10(9)15)7-16-18-14-17-13(21)11(22-14)6-12(19)20/h3-5,7,11H,2,6H2,1H3,(H,19,20)(H,17,18,21). The highest BCUT2D eigenvalue weighted by molar-refractivity contribution is 8.15. The first kappa shape index (κ1) is 16.5. The molecule has 0 bridgehead atoms. The van der Waals surface area contributed by atoms with Crippen molar-refractivity contribution >= 4 is 46.6 Å². The first-order valence-corrected chi connectivity index (χ1v) is 7.84. The van der Waals surface area contributed by atoms with E-state index in [0.29, 0.717) is 10.2 Å². The van der Waals surface area contributed by atoms with Gasteiger partial charge in [-0.1, -0.05) is 36.4 Å². The Morgan fingerprint density at radius 1 is 1.55 bits per heavy atom. The molecule has 1 heterocycles. The van der Waals surface area contributed by atoms with E-state index in [1.54, 1.807) is 12.3 Å². The summed E-state index contributed by atoms with van der Waals surface area (Å²) in [5.41, 5.74) is 1.87. The van der Waals surface area contributed by atoms with Gasteiger partial charge < -0.3 is 10.4 Å². The number of hydrogen-bond acceptors (Lipinski definition) is 5. The molecule has 0 spiro atoms. The maximum absolute atomic E-state index is 11.5. The van der Waals surface area contributed by atoms with Crippen molar-refractivity contribution in [3.8, 4) is 0 Å². The molecule has 1 atom stereocenters. The van der Waals surface area contributed by atoms with Crippen LogP contribution in [0.3, 0.4) is 0 Å². The van der Waals surface area contributed by atoms with Gasteiger partial charge in [-0.3, -0.25) is 9.59 Å². The van der Waals surface area contributed by atoms with E-state index in [-0.39, 0.29) is 12.3 Å². The van der Waals surface area contributed by atoms with Crippen molar-refractivity contribution in [2.24, 2.45) is 10.2 Å². The third kappa shape index (κ3) is 4.32. The minimum Gasteiger partial charge on any atom is -0.481 e. The van der Waals surface area contributed by atoms with Crippen LogP contribution in [0.15, 0.2) is 28.4 Å². The lowest BCUT2D eigenvalue weighted by atomic mass is 10.1. The molecule has 8 heteroatoms. The number of aryl methyl sites for hydroxylation is 1. The summed E-state index contributed by atoms with van der Waals surface area (Å²) in [6.07, 6.45) is 2.13. The molecule has 0 aromatic heterocycles. The average Bonchev–Trinajstić information content (AvgIpc) is 2.80. The second-order valence-corrected chi connectivity index (χ2v) is 6.15. The number of carbonyl (C=O) groups excluding carboxylic acids is 1. The van der Waals surface area contributed by atoms with Crippen LogP contribution in [-0.4, -0.2) is 33.6 Å². The topological polar surface area (TPSA) is 91.1 Å². The van der Waals surface area contributed by atoms with Crippen LogP contribution in [0.1, 0.15) is 24.5 Å². The quantitative estimate of drug-likeness (QED) is 0.636. The lowest BCUT2D eigenvalue weighted by Gasteiger charge is -2.01. The van der Waals surface area contributed by atoms with E-state index in [1.165, 1.54) is 0 Å². The SMILES string of the molecule is CCc1cc(C=NN=C2NC(=O)C(CC(=O)O)S2)ccc1Cl.